The van der Waals surface area contributed by atoms with Gasteiger partial charge in [0.25, 0.3) is 0 Å². The van der Waals surface area contributed by atoms with Crippen LogP contribution in [-0.2, 0) is 0 Å². The first-order valence-corrected chi connectivity index (χ1v) is 5.80. The van der Waals surface area contributed by atoms with Gasteiger partial charge in [0, 0.05) is 5.54 Å². The molecule has 92 valence electrons. The molecule has 2 rings (SSSR count). The van der Waals surface area contributed by atoms with Crippen molar-refractivity contribution < 1.29 is 14.6 Å². The minimum Gasteiger partial charge on any atom is -0.489 e. The first-order valence-electron chi connectivity index (χ1n) is 5.36. The SMILES string of the molecule is O=C(O)c1cc2ccccc2cc1OCC=CCl. The van der Waals surface area contributed by atoms with Gasteiger partial charge in [0.05, 0.1) is 0 Å². The van der Waals surface area contributed by atoms with E-state index in [1.54, 1.807) is 18.2 Å². The third-order valence-electron chi connectivity index (χ3n) is 2.50. The summed E-state index contributed by atoms with van der Waals surface area (Å²) in [5.74, 6) is -0.665. The average Bonchev–Trinajstić information content (AvgIpc) is 2.38. The number of hydrogen-bond donors (Lipinski definition) is 1. The number of carboxylic acid groups (broad SMARTS) is 1. The molecule has 1 N–H and O–H groups in total. The van der Waals surface area contributed by atoms with Gasteiger partial charge in [0.2, 0.25) is 0 Å². The Kier molecular flexibility index (Phi) is 3.85. The Bertz CT molecular complexity index is 605. The minimum atomic E-state index is -1.01. The molecule has 0 amide bonds. The Balaban J connectivity index is 2.47. The predicted octanol–water partition coefficient (Wildman–Crippen LogP) is 3.67. The lowest BCUT2D eigenvalue weighted by Gasteiger charge is -2.09. The lowest BCUT2D eigenvalue weighted by molar-refractivity contribution is 0.0693. The molecule has 0 aliphatic heterocycles. The van der Waals surface area contributed by atoms with Gasteiger partial charge in [-0.1, -0.05) is 35.9 Å². The van der Waals surface area contributed by atoms with Crippen molar-refractivity contribution in [2.45, 2.75) is 0 Å². The molecule has 2 aromatic rings. The zero-order valence-corrected chi connectivity index (χ0v) is 10.2. The van der Waals surface area contributed by atoms with Crippen molar-refractivity contribution in [3.8, 4) is 5.75 Å². The van der Waals surface area contributed by atoms with Gasteiger partial charge in [0.15, 0.2) is 0 Å². The summed E-state index contributed by atoms with van der Waals surface area (Å²) in [6.07, 6.45) is 1.60. The second kappa shape index (κ2) is 5.56. The van der Waals surface area contributed by atoms with E-state index in [4.69, 9.17) is 21.4 Å². The van der Waals surface area contributed by atoms with Crippen LogP contribution in [0.25, 0.3) is 10.8 Å². The molecule has 0 saturated carbocycles. The van der Waals surface area contributed by atoms with Crippen molar-refractivity contribution in [1.29, 1.82) is 0 Å². The highest BCUT2D eigenvalue weighted by Crippen LogP contribution is 2.26. The lowest BCUT2D eigenvalue weighted by atomic mass is 10.1. The zero-order chi connectivity index (χ0) is 13.0. The van der Waals surface area contributed by atoms with Crippen LogP contribution in [0.5, 0.6) is 5.75 Å². The van der Waals surface area contributed by atoms with E-state index in [1.165, 1.54) is 5.54 Å². The molecule has 18 heavy (non-hydrogen) atoms. The van der Waals surface area contributed by atoms with Gasteiger partial charge in [-0.05, 0) is 29.0 Å². The predicted molar refractivity (Wildman–Crippen MR) is 71.4 cm³/mol. The van der Waals surface area contributed by atoms with E-state index >= 15 is 0 Å². The molecule has 0 fully saturated rings. The average molecular weight is 263 g/mol. The van der Waals surface area contributed by atoms with Crippen LogP contribution in [0.15, 0.2) is 48.0 Å². The van der Waals surface area contributed by atoms with Crippen LogP contribution in [-0.4, -0.2) is 17.7 Å². The number of aromatic carboxylic acids is 1. The van der Waals surface area contributed by atoms with E-state index in [-0.39, 0.29) is 12.2 Å². The Morgan fingerprint density at radius 2 is 1.94 bits per heavy atom. The molecule has 0 atom stereocenters. The maximum atomic E-state index is 11.2. The molecule has 0 unspecified atom stereocenters. The molecule has 3 nitrogen and oxygen atoms in total. The Hall–Kier alpha value is -2.00. The number of hydrogen-bond acceptors (Lipinski definition) is 2. The van der Waals surface area contributed by atoms with E-state index < -0.39 is 5.97 Å². The maximum Gasteiger partial charge on any atom is 0.339 e. The molecule has 0 aliphatic carbocycles. The van der Waals surface area contributed by atoms with Crippen molar-refractivity contribution in [3.05, 3.63) is 53.6 Å². The summed E-state index contributed by atoms with van der Waals surface area (Å²) >= 11 is 5.39. The third kappa shape index (κ3) is 2.63. The highest BCUT2D eigenvalue weighted by molar-refractivity contribution is 6.25. The summed E-state index contributed by atoms with van der Waals surface area (Å²) in [5.41, 5.74) is 1.48. The fraction of sp³-hybridized carbons (Fsp3) is 0.0714. The number of halogens is 1. The molecule has 0 radical (unpaired) electrons. The van der Waals surface area contributed by atoms with E-state index in [0.29, 0.717) is 5.75 Å². The van der Waals surface area contributed by atoms with Gasteiger partial charge >= 0.3 is 5.97 Å². The quantitative estimate of drug-likeness (QED) is 0.914. The first-order chi connectivity index (χ1) is 8.72. The van der Waals surface area contributed by atoms with Crippen LogP contribution in [0.1, 0.15) is 10.4 Å². The number of ether oxygens (including phenoxy) is 1. The van der Waals surface area contributed by atoms with Crippen LogP contribution < -0.4 is 4.74 Å². The number of fused-ring (bicyclic) bond motifs is 1. The molecule has 0 bridgehead atoms. The third-order valence-corrected chi connectivity index (χ3v) is 2.68. The molecule has 0 spiro atoms. The topological polar surface area (TPSA) is 46.5 Å². The number of benzene rings is 2. The first kappa shape index (κ1) is 12.5. The molecular formula is C14H11ClO3. The van der Waals surface area contributed by atoms with Crippen LogP contribution in [0.4, 0.5) is 0 Å². The van der Waals surface area contributed by atoms with Crippen LogP contribution in [0, 0.1) is 0 Å². The molecule has 0 aliphatic rings. The van der Waals surface area contributed by atoms with Gasteiger partial charge in [-0.15, -0.1) is 0 Å². The van der Waals surface area contributed by atoms with Crippen molar-refractivity contribution >= 4 is 28.3 Å². The largest absolute Gasteiger partial charge is 0.489 e. The Morgan fingerprint density at radius 1 is 1.28 bits per heavy atom. The minimum absolute atomic E-state index is 0.150. The Labute approximate surface area is 109 Å². The number of carboxylic acids is 1. The second-order valence-electron chi connectivity index (χ2n) is 3.67. The summed E-state index contributed by atoms with van der Waals surface area (Å²) < 4.78 is 5.39. The lowest BCUT2D eigenvalue weighted by Crippen LogP contribution is -2.03. The number of carbonyl (C=O) groups is 1. The van der Waals surface area contributed by atoms with Crippen molar-refractivity contribution in [2.75, 3.05) is 6.61 Å². The highest BCUT2D eigenvalue weighted by Gasteiger charge is 2.12. The molecule has 0 heterocycles. The standard InChI is InChI=1S/C14H11ClO3/c15-6-3-7-18-13-9-11-5-2-1-4-10(11)8-12(13)14(16)17/h1-6,8-9H,7H2,(H,16,17). The van der Waals surface area contributed by atoms with E-state index in [0.717, 1.165) is 10.8 Å². The molecule has 0 aromatic heterocycles. The summed E-state index contributed by atoms with van der Waals surface area (Å²) in [6.45, 7) is 0.238. The maximum absolute atomic E-state index is 11.2. The molecule has 4 heteroatoms. The second-order valence-corrected chi connectivity index (χ2v) is 3.93. The molecule has 0 saturated heterocycles. The van der Waals surface area contributed by atoms with Gasteiger partial charge < -0.3 is 9.84 Å². The smallest absolute Gasteiger partial charge is 0.339 e. The van der Waals surface area contributed by atoms with Crippen LogP contribution in [0.3, 0.4) is 0 Å². The zero-order valence-electron chi connectivity index (χ0n) is 9.47. The highest BCUT2D eigenvalue weighted by atomic mass is 35.5. The fourth-order valence-corrected chi connectivity index (χ4v) is 1.75. The monoisotopic (exact) mass is 262 g/mol. The van der Waals surface area contributed by atoms with E-state index in [2.05, 4.69) is 0 Å². The summed E-state index contributed by atoms with van der Waals surface area (Å²) in [4.78, 5) is 11.2. The summed E-state index contributed by atoms with van der Waals surface area (Å²) in [7, 11) is 0. The fourth-order valence-electron chi connectivity index (χ4n) is 1.68. The molecule has 2 aromatic carbocycles. The van der Waals surface area contributed by atoms with E-state index in [9.17, 15) is 4.79 Å². The molecular weight excluding hydrogens is 252 g/mol. The van der Waals surface area contributed by atoms with E-state index in [1.807, 2.05) is 24.3 Å². The van der Waals surface area contributed by atoms with Crippen molar-refractivity contribution in [2.24, 2.45) is 0 Å². The van der Waals surface area contributed by atoms with Crippen molar-refractivity contribution in [1.82, 2.24) is 0 Å². The van der Waals surface area contributed by atoms with Gasteiger partial charge in [-0.2, -0.15) is 0 Å². The van der Waals surface area contributed by atoms with Crippen LogP contribution in [0.2, 0.25) is 0 Å². The Morgan fingerprint density at radius 3 is 2.56 bits per heavy atom. The summed E-state index contributed by atoms with van der Waals surface area (Å²) in [5, 5.41) is 11.0. The van der Waals surface area contributed by atoms with Gasteiger partial charge in [0.1, 0.15) is 17.9 Å². The normalized spacial score (nSPS) is 10.9. The van der Waals surface area contributed by atoms with Gasteiger partial charge in [-0.25, -0.2) is 4.79 Å². The van der Waals surface area contributed by atoms with Crippen molar-refractivity contribution in [3.63, 3.8) is 0 Å². The number of rotatable bonds is 4. The van der Waals surface area contributed by atoms with Crippen LogP contribution >= 0.6 is 11.6 Å². The summed E-state index contributed by atoms with van der Waals surface area (Å²) in [6, 6.07) is 10.9. The van der Waals surface area contributed by atoms with Gasteiger partial charge in [-0.3, -0.25) is 0 Å².